The second-order valence-electron chi connectivity index (χ2n) is 7.17. The Kier molecular flexibility index (Phi) is 5.61. The van der Waals surface area contributed by atoms with Gasteiger partial charge in [-0.25, -0.2) is 4.98 Å². The molecule has 4 rings (SSSR count). The van der Waals surface area contributed by atoms with Gasteiger partial charge in [-0.05, 0) is 30.2 Å². The summed E-state index contributed by atoms with van der Waals surface area (Å²) in [6.07, 6.45) is 2.51. The number of likely N-dealkylation sites (tertiary alicyclic amines) is 1. The second-order valence-corrected chi connectivity index (χ2v) is 7.17. The van der Waals surface area contributed by atoms with Crippen molar-refractivity contribution in [2.24, 2.45) is 5.73 Å². The summed E-state index contributed by atoms with van der Waals surface area (Å²) in [5, 5.41) is 6.46. The molecular weight excluding hydrogens is 378 g/mol. The van der Waals surface area contributed by atoms with Gasteiger partial charge in [-0.15, -0.1) is 0 Å². The lowest BCUT2D eigenvalue weighted by Crippen LogP contribution is -2.42. The number of pyridine rings is 1. The summed E-state index contributed by atoms with van der Waals surface area (Å²) in [6.45, 7) is 2.16. The van der Waals surface area contributed by atoms with Crippen LogP contribution in [0.15, 0.2) is 66.9 Å². The van der Waals surface area contributed by atoms with Gasteiger partial charge in [0.05, 0.1) is 11.3 Å². The molecule has 0 saturated carbocycles. The third-order valence-electron chi connectivity index (χ3n) is 5.02. The van der Waals surface area contributed by atoms with Crippen LogP contribution in [0.1, 0.15) is 32.7 Å². The average Bonchev–Trinajstić information content (AvgIpc) is 2.72. The van der Waals surface area contributed by atoms with Gasteiger partial charge < -0.3 is 21.3 Å². The number of benzene rings is 2. The Bertz CT molecular complexity index is 1060. The maximum atomic E-state index is 12.4. The van der Waals surface area contributed by atoms with Gasteiger partial charge in [0.15, 0.2) is 0 Å². The Labute approximate surface area is 174 Å². The van der Waals surface area contributed by atoms with Gasteiger partial charge in [0.25, 0.3) is 11.8 Å². The molecule has 1 saturated heterocycles. The van der Waals surface area contributed by atoms with Gasteiger partial charge in [-0.3, -0.25) is 9.59 Å². The van der Waals surface area contributed by atoms with Crippen LogP contribution in [0.25, 0.3) is 0 Å². The van der Waals surface area contributed by atoms with E-state index in [1.165, 1.54) is 6.20 Å². The van der Waals surface area contributed by atoms with Crippen LogP contribution in [0.4, 0.5) is 17.2 Å². The third kappa shape index (κ3) is 4.41. The number of anilines is 3. The van der Waals surface area contributed by atoms with E-state index in [2.05, 4.69) is 15.6 Å². The molecule has 0 atom stereocenters. The highest BCUT2D eigenvalue weighted by molar-refractivity contribution is 5.99. The molecular formula is C23H23N5O2. The summed E-state index contributed by atoms with van der Waals surface area (Å²) < 4.78 is 0. The number of carbonyl (C=O) groups excluding carboxylic acids is 2. The molecule has 0 spiro atoms. The molecule has 7 nitrogen and oxygen atoms in total. The van der Waals surface area contributed by atoms with Gasteiger partial charge in [0.1, 0.15) is 5.82 Å². The number of nitrogens with zero attached hydrogens (tertiary/aromatic N) is 2. The molecule has 2 amide bonds. The summed E-state index contributed by atoms with van der Waals surface area (Å²) in [5.74, 6) is 0.0306. The van der Waals surface area contributed by atoms with Crippen molar-refractivity contribution < 1.29 is 9.59 Å². The first-order chi connectivity index (χ1) is 14.6. The zero-order chi connectivity index (χ0) is 20.9. The molecule has 1 aliphatic heterocycles. The summed E-state index contributed by atoms with van der Waals surface area (Å²) in [4.78, 5) is 30.4. The Hall–Kier alpha value is -3.87. The number of hydrogen-bond donors (Lipinski definition) is 3. The lowest BCUT2D eigenvalue weighted by Gasteiger charge is -2.31. The molecule has 0 radical (unpaired) electrons. The summed E-state index contributed by atoms with van der Waals surface area (Å²) in [7, 11) is 0. The fourth-order valence-electron chi connectivity index (χ4n) is 3.24. The maximum absolute atomic E-state index is 12.4. The minimum absolute atomic E-state index is 0.0344. The number of nitrogens with one attached hydrogen (secondary N) is 2. The van der Waals surface area contributed by atoms with Crippen molar-refractivity contribution in [2.45, 2.75) is 13.0 Å². The Morgan fingerprint density at radius 2 is 1.83 bits per heavy atom. The van der Waals surface area contributed by atoms with Crippen LogP contribution in [0.5, 0.6) is 0 Å². The van der Waals surface area contributed by atoms with E-state index in [1.54, 1.807) is 12.1 Å². The number of rotatable bonds is 7. The van der Waals surface area contributed by atoms with E-state index in [1.807, 2.05) is 53.4 Å². The van der Waals surface area contributed by atoms with Gasteiger partial charge in [0.2, 0.25) is 0 Å². The average molecular weight is 401 g/mol. The predicted octanol–water partition coefficient (Wildman–Crippen LogP) is 3.38. The molecule has 2 aromatic carbocycles. The van der Waals surface area contributed by atoms with E-state index < -0.39 is 5.91 Å². The van der Waals surface area contributed by atoms with Crippen LogP contribution in [0, 0.1) is 0 Å². The van der Waals surface area contributed by atoms with Crippen LogP contribution in [0.3, 0.4) is 0 Å². The smallest absolute Gasteiger partial charge is 0.253 e. The first kappa shape index (κ1) is 19.4. The van der Waals surface area contributed by atoms with Crippen LogP contribution in [-0.2, 0) is 6.54 Å². The molecule has 1 fully saturated rings. The van der Waals surface area contributed by atoms with Crippen molar-refractivity contribution in [1.82, 2.24) is 9.88 Å². The van der Waals surface area contributed by atoms with Crippen LogP contribution in [0.2, 0.25) is 0 Å². The first-order valence-electron chi connectivity index (χ1n) is 9.84. The summed E-state index contributed by atoms with van der Waals surface area (Å²) in [6, 6.07) is 18.9. The van der Waals surface area contributed by atoms with Gasteiger partial charge in [0, 0.05) is 43.1 Å². The van der Waals surface area contributed by atoms with Crippen molar-refractivity contribution in [3.8, 4) is 0 Å². The number of nitrogens with two attached hydrogens (primary N) is 1. The largest absolute Gasteiger partial charge is 0.380 e. The monoisotopic (exact) mass is 401 g/mol. The Morgan fingerprint density at radius 1 is 1.03 bits per heavy atom. The highest BCUT2D eigenvalue weighted by Crippen LogP contribution is 2.23. The SMILES string of the molecule is NC(=O)c1cnc(Nc2cccc(C(=O)N3CCC3)c2)cc1NCc1ccccc1. The zero-order valence-electron chi connectivity index (χ0n) is 16.5. The second kappa shape index (κ2) is 8.65. The lowest BCUT2D eigenvalue weighted by molar-refractivity contribution is 0.0651. The molecule has 1 aromatic heterocycles. The molecule has 1 aliphatic rings. The van der Waals surface area contributed by atoms with Gasteiger partial charge in [-0.1, -0.05) is 36.4 Å². The van der Waals surface area contributed by atoms with E-state index in [-0.39, 0.29) is 5.91 Å². The molecule has 0 unspecified atom stereocenters. The zero-order valence-corrected chi connectivity index (χ0v) is 16.5. The van der Waals surface area contributed by atoms with Crippen LogP contribution in [-0.4, -0.2) is 34.8 Å². The maximum Gasteiger partial charge on any atom is 0.253 e. The molecule has 2 heterocycles. The fraction of sp³-hybridized carbons (Fsp3) is 0.174. The number of aromatic nitrogens is 1. The molecule has 7 heteroatoms. The van der Waals surface area contributed by atoms with E-state index in [0.717, 1.165) is 30.8 Å². The van der Waals surface area contributed by atoms with Crippen LogP contribution < -0.4 is 16.4 Å². The van der Waals surface area contributed by atoms with Crippen molar-refractivity contribution in [3.05, 3.63) is 83.6 Å². The van der Waals surface area contributed by atoms with E-state index in [4.69, 9.17) is 5.73 Å². The quantitative estimate of drug-likeness (QED) is 0.563. The molecule has 4 N–H and O–H groups in total. The number of amides is 2. The Balaban J connectivity index is 1.53. The van der Waals surface area contributed by atoms with Crippen molar-refractivity contribution in [2.75, 3.05) is 23.7 Å². The fourth-order valence-corrected chi connectivity index (χ4v) is 3.24. The summed E-state index contributed by atoms with van der Waals surface area (Å²) in [5.41, 5.74) is 8.88. The van der Waals surface area contributed by atoms with Gasteiger partial charge >= 0.3 is 0 Å². The summed E-state index contributed by atoms with van der Waals surface area (Å²) >= 11 is 0. The standard InChI is InChI=1S/C23H23N5O2/c24-22(29)19-15-26-21(13-20(19)25-14-16-6-2-1-3-7-16)27-18-9-4-8-17(12-18)23(30)28-10-5-11-28/h1-4,6-9,12-13,15H,5,10-11,14H2,(H2,24,29)(H2,25,26,27). The van der Waals surface area contributed by atoms with E-state index in [0.29, 0.717) is 29.2 Å². The highest BCUT2D eigenvalue weighted by Gasteiger charge is 2.21. The van der Waals surface area contributed by atoms with E-state index in [9.17, 15) is 9.59 Å². The minimum Gasteiger partial charge on any atom is -0.380 e. The molecule has 152 valence electrons. The third-order valence-corrected chi connectivity index (χ3v) is 5.02. The van der Waals surface area contributed by atoms with Crippen molar-refractivity contribution in [3.63, 3.8) is 0 Å². The topological polar surface area (TPSA) is 100 Å². The molecule has 0 aliphatic carbocycles. The molecule has 0 bridgehead atoms. The minimum atomic E-state index is -0.549. The lowest BCUT2D eigenvalue weighted by atomic mass is 10.1. The number of hydrogen-bond acceptors (Lipinski definition) is 5. The van der Waals surface area contributed by atoms with Crippen molar-refractivity contribution in [1.29, 1.82) is 0 Å². The molecule has 3 aromatic rings. The van der Waals surface area contributed by atoms with Gasteiger partial charge in [-0.2, -0.15) is 0 Å². The van der Waals surface area contributed by atoms with Crippen molar-refractivity contribution >= 4 is 29.0 Å². The Morgan fingerprint density at radius 3 is 2.53 bits per heavy atom. The predicted molar refractivity (Wildman–Crippen MR) is 117 cm³/mol. The first-order valence-corrected chi connectivity index (χ1v) is 9.84. The van der Waals surface area contributed by atoms with E-state index >= 15 is 0 Å². The number of carbonyl (C=O) groups is 2. The van der Waals surface area contributed by atoms with Crippen LogP contribution >= 0.6 is 0 Å². The number of primary amides is 1. The highest BCUT2D eigenvalue weighted by atomic mass is 16.2. The molecule has 30 heavy (non-hydrogen) atoms. The normalized spacial score (nSPS) is 12.7.